The van der Waals surface area contributed by atoms with Crippen LogP contribution in [0.5, 0.6) is 0 Å². The van der Waals surface area contributed by atoms with Gasteiger partial charge < -0.3 is 35.0 Å². The number of hydrogen-bond acceptors (Lipinski definition) is 10. The number of nitrogens with one attached hydrogen (secondary N) is 2. The number of amides is 3. The molecule has 1 aliphatic heterocycles. The highest BCUT2D eigenvalue weighted by Gasteiger charge is 2.32. The van der Waals surface area contributed by atoms with Crippen molar-refractivity contribution in [2.45, 2.75) is 65.1 Å². The number of anilines is 1. The molecule has 0 spiro atoms. The Morgan fingerprint density at radius 3 is 2.28 bits per heavy atom. The van der Waals surface area contributed by atoms with Crippen molar-refractivity contribution < 1.29 is 33.8 Å². The molecule has 2 heterocycles. The number of carbonyl (C=O) groups is 4. The molecular weight excluding hydrogens is 556 g/mol. The summed E-state index contributed by atoms with van der Waals surface area (Å²) >= 11 is 0. The van der Waals surface area contributed by atoms with Crippen LogP contribution in [0.3, 0.4) is 0 Å². The summed E-state index contributed by atoms with van der Waals surface area (Å²) in [7, 11) is 0. The lowest BCUT2D eigenvalue weighted by atomic mass is 10.1. The fraction of sp³-hybridized carbons (Fsp3) is 0.533. The molecule has 1 aromatic heterocycles. The first-order valence-electron chi connectivity index (χ1n) is 14.4. The highest BCUT2D eigenvalue weighted by Crippen LogP contribution is 2.19. The highest BCUT2D eigenvalue weighted by molar-refractivity contribution is 5.97. The molecule has 1 saturated heterocycles. The van der Waals surface area contributed by atoms with Gasteiger partial charge in [0.1, 0.15) is 23.2 Å². The molecule has 1 aliphatic rings. The maximum absolute atomic E-state index is 13.7. The summed E-state index contributed by atoms with van der Waals surface area (Å²) < 4.78 is 10.5. The Morgan fingerprint density at radius 2 is 1.67 bits per heavy atom. The van der Waals surface area contributed by atoms with E-state index in [1.807, 2.05) is 18.2 Å². The van der Waals surface area contributed by atoms with Gasteiger partial charge >= 0.3 is 12.1 Å². The highest BCUT2D eigenvalue weighted by atomic mass is 16.6. The zero-order chi connectivity index (χ0) is 31.6. The second-order valence-electron chi connectivity index (χ2n) is 11.2. The average molecular weight is 599 g/mol. The second-order valence-corrected chi connectivity index (χ2v) is 11.2. The average Bonchev–Trinajstić information content (AvgIpc) is 2.98. The number of piperazine rings is 1. The van der Waals surface area contributed by atoms with Gasteiger partial charge in [0.25, 0.3) is 5.91 Å². The molecule has 2 aromatic rings. The molecule has 3 rings (SSSR count). The molecule has 0 saturated carbocycles. The summed E-state index contributed by atoms with van der Waals surface area (Å²) in [6, 6.07) is 9.15. The third-order valence-corrected chi connectivity index (χ3v) is 6.44. The van der Waals surface area contributed by atoms with E-state index in [1.54, 1.807) is 51.7 Å². The van der Waals surface area contributed by atoms with Gasteiger partial charge in [-0.15, -0.1) is 0 Å². The van der Waals surface area contributed by atoms with E-state index >= 15 is 0 Å². The molecule has 43 heavy (non-hydrogen) atoms. The van der Waals surface area contributed by atoms with Gasteiger partial charge in [0.2, 0.25) is 5.91 Å². The molecule has 2 atom stereocenters. The number of benzene rings is 1. The first kappa shape index (κ1) is 33.2. The number of esters is 1. The van der Waals surface area contributed by atoms with Crippen molar-refractivity contribution >= 4 is 29.7 Å². The maximum atomic E-state index is 13.7. The van der Waals surface area contributed by atoms with E-state index in [4.69, 9.17) is 9.47 Å². The molecule has 234 valence electrons. The van der Waals surface area contributed by atoms with Gasteiger partial charge in [-0.25, -0.2) is 14.8 Å². The summed E-state index contributed by atoms with van der Waals surface area (Å²) in [5.41, 5.74) is -0.0229. The summed E-state index contributed by atoms with van der Waals surface area (Å²) in [4.78, 5) is 63.9. The topological polar surface area (TPSA) is 163 Å². The van der Waals surface area contributed by atoms with Gasteiger partial charge in [0, 0.05) is 50.3 Å². The number of carbonyl (C=O) groups excluding carboxylic acids is 4. The van der Waals surface area contributed by atoms with Crippen molar-refractivity contribution in [3.63, 3.8) is 0 Å². The van der Waals surface area contributed by atoms with E-state index in [9.17, 15) is 24.3 Å². The van der Waals surface area contributed by atoms with Crippen LogP contribution in [-0.4, -0.2) is 106 Å². The number of aliphatic hydroxyl groups is 1. The number of hydrogen-bond donors (Lipinski definition) is 3. The van der Waals surface area contributed by atoms with Crippen LogP contribution in [0.25, 0.3) is 11.4 Å². The van der Waals surface area contributed by atoms with Crippen LogP contribution in [0.2, 0.25) is 0 Å². The molecule has 3 N–H and O–H groups in total. The van der Waals surface area contributed by atoms with E-state index < -0.39 is 29.6 Å². The van der Waals surface area contributed by atoms with Crippen LogP contribution in [0.1, 0.15) is 57.9 Å². The Balaban J connectivity index is 1.84. The van der Waals surface area contributed by atoms with Crippen LogP contribution in [0, 0.1) is 0 Å². The van der Waals surface area contributed by atoms with Gasteiger partial charge in [-0.05, 0) is 41.0 Å². The van der Waals surface area contributed by atoms with E-state index in [0.29, 0.717) is 11.4 Å². The lowest BCUT2D eigenvalue weighted by molar-refractivity contribution is -0.155. The molecular formula is C30H42N6O7. The molecule has 13 nitrogen and oxygen atoms in total. The van der Waals surface area contributed by atoms with Crippen molar-refractivity contribution in [3.05, 3.63) is 42.1 Å². The molecule has 3 amide bonds. The van der Waals surface area contributed by atoms with Crippen molar-refractivity contribution in [3.8, 4) is 11.4 Å². The van der Waals surface area contributed by atoms with E-state index in [2.05, 4.69) is 20.6 Å². The number of rotatable bonds is 11. The van der Waals surface area contributed by atoms with Crippen LogP contribution >= 0.6 is 0 Å². The third kappa shape index (κ3) is 10.2. The molecule has 0 aliphatic carbocycles. The standard InChI is InChI=1S/C30H42N6O7/c1-6-42-29(41)36-16-14-35(15-17-36)28(40)22(12-13-25(38)43-30(3,4)5)33-27(39)23-18-24(31-20(2)19-37)34-26(32-23)21-10-8-7-9-11-21/h7-11,18,20,22,37H,6,12-17,19H2,1-5H3,(H,33,39)(H,31,32,34)/t20-,22+/m1/s1. The van der Waals surface area contributed by atoms with Crippen LogP contribution in [0.15, 0.2) is 36.4 Å². The molecule has 1 fully saturated rings. The Morgan fingerprint density at radius 1 is 1.02 bits per heavy atom. The zero-order valence-electron chi connectivity index (χ0n) is 25.5. The smallest absolute Gasteiger partial charge is 0.409 e. The summed E-state index contributed by atoms with van der Waals surface area (Å²) in [6.07, 6.45) is -0.542. The fourth-order valence-corrected chi connectivity index (χ4v) is 4.34. The molecule has 0 bridgehead atoms. The van der Waals surface area contributed by atoms with E-state index in [0.717, 1.165) is 0 Å². The van der Waals surface area contributed by atoms with Gasteiger partial charge in [-0.1, -0.05) is 30.3 Å². The Labute approximate surface area is 252 Å². The first-order valence-corrected chi connectivity index (χ1v) is 14.4. The van der Waals surface area contributed by atoms with Gasteiger partial charge in [-0.3, -0.25) is 14.4 Å². The summed E-state index contributed by atoms with van der Waals surface area (Å²) in [5, 5.41) is 15.3. The quantitative estimate of drug-likeness (QED) is 0.328. The first-order chi connectivity index (χ1) is 20.4. The van der Waals surface area contributed by atoms with Crippen molar-refractivity contribution in [2.24, 2.45) is 0 Å². The molecule has 0 unspecified atom stereocenters. The lowest BCUT2D eigenvalue weighted by Gasteiger charge is -2.36. The maximum Gasteiger partial charge on any atom is 0.409 e. The van der Waals surface area contributed by atoms with Crippen molar-refractivity contribution in [2.75, 3.05) is 44.7 Å². The van der Waals surface area contributed by atoms with Crippen molar-refractivity contribution in [1.82, 2.24) is 25.1 Å². The zero-order valence-corrected chi connectivity index (χ0v) is 25.5. The van der Waals surface area contributed by atoms with Gasteiger partial charge in [0.15, 0.2) is 5.82 Å². The second kappa shape index (κ2) is 15.3. The van der Waals surface area contributed by atoms with E-state index in [-0.39, 0.29) is 75.7 Å². The number of aliphatic hydroxyl groups excluding tert-OH is 1. The lowest BCUT2D eigenvalue weighted by Crippen LogP contribution is -2.56. The predicted molar refractivity (Wildman–Crippen MR) is 159 cm³/mol. The minimum atomic E-state index is -1.06. The summed E-state index contributed by atoms with van der Waals surface area (Å²) in [6.45, 7) is 9.88. The molecule has 13 heteroatoms. The van der Waals surface area contributed by atoms with Crippen LogP contribution in [0.4, 0.5) is 10.6 Å². The SMILES string of the molecule is CCOC(=O)N1CCN(C(=O)[C@H](CCC(=O)OC(C)(C)C)NC(=O)c2cc(N[C@H](C)CO)nc(-c3ccccc3)n2)CC1. The van der Waals surface area contributed by atoms with Gasteiger partial charge in [-0.2, -0.15) is 0 Å². The molecule has 0 radical (unpaired) electrons. The number of ether oxygens (including phenoxy) is 2. The Bertz CT molecular complexity index is 1260. The molecule has 1 aromatic carbocycles. The predicted octanol–water partition coefficient (Wildman–Crippen LogP) is 2.46. The largest absolute Gasteiger partial charge is 0.460 e. The summed E-state index contributed by atoms with van der Waals surface area (Å²) in [5.74, 6) is -0.901. The number of aromatic nitrogens is 2. The minimum absolute atomic E-state index is 0.000850. The van der Waals surface area contributed by atoms with Crippen LogP contribution in [-0.2, 0) is 19.1 Å². The fourth-order valence-electron chi connectivity index (χ4n) is 4.34. The third-order valence-electron chi connectivity index (χ3n) is 6.44. The Kier molecular flexibility index (Phi) is 11.8. The van der Waals surface area contributed by atoms with Gasteiger partial charge in [0.05, 0.1) is 13.2 Å². The number of nitrogens with zero attached hydrogens (tertiary/aromatic N) is 4. The minimum Gasteiger partial charge on any atom is -0.460 e. The Hall–Kier alpha value is -4.26. The van der Waals surface area contributed by atoms with E-state index in [1.165, 1.54) is 11.0 Å². The normalized spacial score (nSPS) is 14.8. The van der Waals surface area contributed by atoms with Crippen molar-refractivity contribution in [1.29, 1.82) is 0 Å². The monoisotopic (exact) mass is 598 g/mol. The van der Waals surface area contributed by atoms with Crippen LogP contribution < -0.4 is 10.6 Å².